The summed E-state index contributed by atoms with van der Waals surface area (Å²) in [7, 11) is 4.28. The van der Waals surface area contributed by atoms with Gasteiger partial charge < -0.3 is 20.4 Å². The van der Waals surface area contributed by atoms with Gasteiger partial charge in [0.1, 0.15) is 0 Å². The van der Waals surface area contributed by atoms with Gasteiger partial charge in [-0.15, -0.1) is 24.0 Å². The minimum Gasteiger partial charge on any atom is -0.370 e. The first-order chi connectivity index (χ1) is 11.5. The Morgan fingerprint density at radius 2 is 1.80 bits per heavy atom. The molecule has 140 valence electrons. The van der Waals surface area contributed by atoms with Gasteiger partial charge in [0.2, 0.25) is 0 Å². The topological polar surface area (TPSA) is 48.1 Å². The predicted octanol–water partition coefficient (Wildman–Crippen LogP) is 2.73. The van der Waals surface area contributed by atoms with Crippen molar-refractivity contribution < 1.29 is 0 Å². The van der Waals surface area contributed by atoms with Gasteiger partial charge >= 0.3 is 0 Å². The number of hydrogen-bond donors (Lipinski definition) is 1. The van der Waals surface area contributed by atoms with Gasteiger partial charge in [0, 0.05) is 42.9 Å². The summed E-state index contributed by atoms with van der Waals surface area (Å²) in [5, 5.41) is 0.778. The van der Waals surface area contributed by atoms with Gasteiger partial charge in [-0.2, -0.15) is 0 Å². The van der Waals surface area contributed by atoms with Gasteiger partial charge in [-0.3, -0.25) is 4.99 Å². The van der Waals surface area contributed by atoms with Gasteiger partial charge in [-0.05, 0) is 57.1 Å². The van der Waals surface area contributed by atoms with Crippen molar-refractivity contribution in [2.75, 3.05) is 51.7 Å². The van der Waals surface area contributed by atoms with Gasteiger partial charge in [0.05, 0.1) is 6.54 Å². The largest absolute Gasteiger partial charge is 0.370 e. The molecule has 2 N–H and O–H groups in total. The molecule has 0 bridgehead atoms. The summed E-state index contributed by atoms with van der Waals surface area (Å²) in [6.45, 7) is 4.54. The molecule has 1 aromatic carbocycles. The van der Waals surface area contributed by atoms with E-state index in [1.165, 1.54) is 18.5 Å². The van der Waals surface area contributed by atoms with Crippen LogP contribution in [0.5, 0.6) is 0 Å². The standard InChI is InChI=1S/C18H28ClN5.HI/c1-22(2)17(14-3-4-14)13-21-18(20)24-11-9-23(10-12-24)16-7-5-15(19)6-8-16;/h5-8,14,17H,3-4,9-13H2,1-2H3,(H2,20,21);1H. The van der Waals surface area contributed by atoms with Crippen LogP contribution in [0.15, 0.2) is 29.3 Å². The molecule has 0 radical (unpaired) electrons. The maximum atomic E-state index is 6.24. The zero-order valence-electron chi connectivity index (χ0n) is 15.1. The molecule has 3 rings (SSSR count). The number of anilines is 1. The van der Waals surface area contributed by atoms with Crippen molar-refractivity contribution in [3.63, 3.8) is 0 Å². The lowest BCUT2D eigenvalue weighted by Crippen LogP contribution is -2.51. The van der Waals surface area contributed by atoms with Crippen LogP contribution in [0, 0.1) is 5.92 Å². The Kier molecular flexibility index (Phi) is 7.64. The normalized spacial score (nSPS) is 19.8. The minimum atomic E-state index is 0. The fourth-order valence-electron chi connectivity index (χ4n) is 3.35. The van der Waals surface area contributed by atoms with Crippen LogP contribution in [0.4, 0.5) is 5.69 Å². The number of rotatable bonds is 5. The summed E-state index contributed by atoms with van der Waals surface area (Å²) in [4.78, 5) is 11.5. The lowest BCUT2D eigenvalue weighted by Gasteiger charge is -2.36. The molecular formula is C18H29ClIN5. The molecule has 1 saturated carbocycles. The molecule has 1 saturated heterocycles. The van der Waals surface area contributed by atoms with Crippen molar-refractivity contribution in [2.45, 2.75) is 18.9 Å². The van der Waals surface area contributed by atoms with Crippen LogP contribution in [0.25, 0.3) is 0 Å². The minimum absolute atomic E-state index is 0. The molecule has 25 heavy (non-hydrogen) atoms. The molecule has 1 atom stereocenters. The number of hydrogen-bond acceptors (Lipinski definition) is 3. The van der Waals surface area contributed by atoms with Crippen molar-refractivity contribution in [3.05, 3.63) is 29.3 Å². The molecule has 5 nitrogen and oxygen atoms in total. The maximum absolute atomic E-state index is 6.24. The van der Waals surface area contributed by atoms with E-state index >= 15 is 0 Å². The summed E-state index contributed by atoms with van der Waals surface area (Å²) in [5.41, 5.74) is 7.46. The highest BCUT2D eigenvalue weighted by Gasteiger charge is 2.32. The predicted molar refractivity (Wildman–Crippen MR) is 117 cm³/mol. The Morgan fingerprint density at radius 3 is 2.32 bits per heavy atom. The lowest BCUT2D eigenvalue weighted by molar-refractivity contribution is 0.270. The molecule has 0 aromatic heterocycles. The molecule has 0 spiro atoms. The molecule has 1 aliphatic carbocycles. The Hall–Kier alpha value is -0.730. The first-order valence-electron chi connectivity index (χ1n) is 8.76. The molecule has 1 aromatic rings. The Labute approximate surface area is 173 Å². The van der Waals surface area contributed by atoms with Gasteiger partial charge in [-0.25, -0.2) is 0 Å². The van der Waals surface area contributed by atoms with E-state index in [4.69, 9.17) is 17.3 Å². The summed E-state index contributed by atoms with van der Waals surface area (Å²) in [5.74, 6) is 1.50. The lowest BCUT2D eigenvalue weighted by atomic mass is 10.2. The van der Waals surface area contributed by atoms with Crippen LogP contribution in [0.2, 0.25) is 5.02 Å². The SMILES string of the molecule is CN(C)C(CN=C(N)N1CCN(c2ccc(Cl)cc2)CC1)C1CC1.I. The van der Waals surface area contributed by atoms with Crippen molar-refractivity contribution in [3.8, 4) is 0 Å². The van der Waals surface area contributed by atoms with Crippen LogP contribution < -0.4 is 10.6 Å². The monoisotopic (exact) mass is 477 g/mol. The first-order valence-corrected chi connectivity index (χ1v) is 9.14. The second-order valence-electron chi connectivity index (χ2n) is 7.02. The summed E-state index contributed by atoms with van der Waals surface area (Å²) in [6.07, 6.45) is 2.66. The highest BCUT2D eigenvalue weighted by atomic mass is 127. The number of nitrogens with zero attached hydrogens (tertiary/aromatic N) is 4. The highest BCUT2D eigenvalue weighted by molar-refractivity contribution is 14.0. The number of likely N-dealkylation sites (N-methyl/N-ethyl adjacent to an activating group) is 1. The third kappa shape index (κ3) is 5.62. The first kappa shape index (κ1) is 20.6. The molecule has 1 unspecified atom stereocenters. The van der Waals surface area contributed by atoms with Crippen LogP contribution in [-0.4, -0.2) is 68.6 Å². The van der Waals surface area contributed by atoms with E-state index < -0.39 is 0 Å². The van der Waals surface area contributed by atoms with E-state index in [-0.39, 0.29) is 24.0 Å². The molecule has 0 amide bonds. The van der Waals surface area contributed by atoms with E-state index in [2.05, 4.69) is 45.9 Å². The summed E-state index contributed by atoms with van der Waals surface area (Å²) >= 11 is 5.96. The van der Waals surface area contributed by atoms with E-state index in [0.29, 0.717) is 12.0 Å². The quantitative estimate of drug-likeness (QED) is 0.402. The van der Waals surface area contributed by atoms with Crippen molar-refractivity contribution in [1.82, 2.24) is 9.80 Å². The van der Waals surface area contributed by atoms with Crippen molar-refractivity contribution in [1.29, 1.82) is 0 Å². The number of aliphatic imine (C=N–C) groups is 1. The molecule has 2 fully saturated rings. The smallest absolute Gasteiger partial charge is 0.191 e. The maximum Gasteiger partial charge on any atom is 0.191 e. The molecule has 7 heteroatoms. The molecular weight excluding hydrogens is 449 g/mol. The Balaban J connectivity index is 0.00000225. The molecule has 1 heterocycles. The zero-order chi connectivity index (χ0) is 17.1. The van der Waals surface area contributed by atoms with Crippen LogP contribution >= 0.6 is 35.6 Å². The Bertz CT molecular complexity index is 563. The van der Waals surface area contributed by atoms with Crippen molar-refractivity contribution in [2.24, 2.45) is 16.6 Å². The average molecular weight is 478 g/mol. The van der Waals surface area contributed by atoms with E-state index in [0.717, 1.165) is 43.7 Å². The fourth-order valence-corrected chi connectivity index (χ4v) is 3.47. The Morgan fingerprint density at radius 1 is 1.20 bits per heavy atom. The van der Waals surface area contributed by atoms with Crippen LogP contribution in [0.1, 0.15) is 12.8 Å². The number of halogens is 2. The van der Waals surface area contributed by atoms with Gasteiger partial charge in [0.25, 0.3) is 0 Å². The van der Waals surface area contributed by atoms with E-state index in [9.17, 15) is 0 Å². The van der Waals surface area contributed by atoms with Crippen LogP contribution in [0.3, 0.4) is 0 Å². The third-order valence-electron chi connectivity index (χ3n) is 5.07. The highest BCUT2D eigenvalue weighted by Crippen LogP contribution is 2.34. The zero-order valence-corrected chi connectivity index (χ0v) is 18.2. The van der Waals surface area contributed by atoms with Gasteiger partial charge in [0.15, 0.2) is 5.96 Å². The van der Waals surface area contributed by atoms with Crippen molar-refractivity contribution >= 4 is 47.2 Å². The van der Waals surface area contributed by atoms with E-state index in [1.54, 1.807) is 0 Å². The van der Waals surface area contributed by atoms with E-state index in [1.807, 2.05) is 12.1 Å². The van der Waals surface area contributed by atoms with Crippen LogP contribution in [-0.2, 0) is 0 Å². The average Bonchev–Trinajstić information content (AvgIpc) is 3.40. The fraction of sp³-hybridized carbons (Fsp3) is 0.611. The molecule has 2 aliphatic rings. The molecule has 1 aliphatic heterocycles. The second-order valence-corrected chi connectivity index (χ2v) is 7.45. The number of nitrogens with two attached hydrogens (primary N) is 1. The van der Waals surface area contributed by atoms with Gasteiger partial charge in [-0.1, -0.05) is 11.6 Å². The number of benzene rings is 1. The third-order valence-corrected chi connectivity index (χ3v) is 5.32. The number of guanidine groups is 1. The second kappa shape index (κ2) is 9.28. The summed E-state index contributed by atoms with van der Waals surface area (Å²) in [6, 6.07) is 8.56. The number of piperazine rings is 1. The summed E-state index contributed by atoms with van der Waals surface area (Å²) < 4.78 is 0.